The van der Waals surface area contributed by atoms with Crippen molar-refractivity contribution in [1.29, 1.82) is 5.26 Å². The van der Waals surface area contributed by atoms with E-state index >= 15 is 0 Å². The lowest BCUT2D eigenvalue weighted by atomic mass is 9.85. The van der Waals surface area contributed by atoms with Crippen LogP contribution in [0.15, 0.2) is 29.2 Å². The van der Waals surface area contributed by atoms with Crippen molar-refractivity contribution in [2.45, 2.75) is 44.4 Å². The molecule has 1 heterocycles. The zero-order valence-corrected chi connectivity index (χ0v) is 13.5. The molecule has 1 aromatic rings. The van der Waals surface area contributed by atoms with Gasteiger partial charge in [0.15, 0.2) is 0 Å². The summed E-state index contributed by atoms with van der Waals surface area (Å²) in [5.41, 5.74) is 1.05. The molecule has 5 heteroatoms. The number of hydrogen-bond donors (Lipinski definition) is 0. The van der Waals surface area contributed by atoms with Crippen LogP contribution in [0.5, 0.6) is 0 Å². The average molecular weight is 306 g/mol. The van der Waals surface area contributed by atoms with Crippen LogP contribution in [0.25, 0.3) is 0 Å². The zero-order valence-electron chi connectivity index (χ0n) is 12.7. The Kier molecular flexibility index (Phi) is 4.70. The summed E-state index contributed by atoms with van der Waals surface area (Å²) >= 11 is 0. The molecule has 1 saturated heterocycles. The fourth-order valence-electron chi connectivity index (χ4n) is 2.66. The quantitative estimate of drug-likeness (QED) is 0.862. The third-order valence-corrected chi connectivity index (χ3v) is 6.06. The van der Waals surface area contributed by atoms with Crippen LogP contribution in [-0.4, -0.2) is 25.8 Å². The third kappa shape index (κ3) is 3.84. The number of benzene rings is 1. The molecule has 0 bridgehead atoms. The van der Waals surface area contributed by atoms with Crippen molar-refractivity contribution in [3.63, 3.8) is 0 Å². The lowest BCUT2D eigenvalue weighted by molar-refractivity contribution is 0.315. The van der Waals surface area contributed by atoms with Gasteiger partial charge < -0.3 is 0 Å². The van der Waals surface area contributed by atoms with Crippen LogP contribution in [-0.2, 0) is 16.4 Å². The van der Waals surface area contributed by atoms with Crippen molar-refractivity contribution >= 4 is 10.0 Å². The highest BCUT2D eigenvalue weighted by Gasteiger charge is 2.30. The molecule has 0 spiro atoms. The molecule has 114 valence electrons. The number of nitrogens with zero attached hydrogens (tertiary/aromatic N) is 2. The summed E-state index contributed by atoms with van der Waals surface area (Å²) in [5.74, 6) is 0. The van der Waals surface area contributed by atoms with Gasteiger partial charge in [-0.15, -0.1) is 0 Å². The van der Waals surface area contributed by atoms with E-state index in [1.807, 2.05) is 0 Å². The van der Waals surface area contributed by atoms with Gasteiger partial charge in [-0.1, -0.05) is 26.0 Å². The van der Waals surface area contributed by atoms with Crippen LogP contribution >= 0.6 is 0 Å². The van der Waals surface area contributed by atoms with E-state index in [0.29, 0.717) is 24.4 Å². The minimum absolute atomic E-state index is 0.209. The first kappa shape index (κ1) is 16.0. The number of nitriles is 1. The Balaban J connectivity index is 2.19. The first-order valence-electron chi connectivity index (χ1n) is 7.31. The molecular formula is C16H22N2O2S. The molecule has 4 nitrogen and oxygen atoms in total. The van der Waals surface area contributed by atoms with Crippen molar-refractivity contribution in [2.24, 2.45) is 5.41 Å². The van der Waals surface area contributed by atoms with Crippen molar-refractivity contribution in [1.82, 2.24) is 4.31 Å². The van der Waals surface area contributed by atoms with Gasteiger partial charge in [0.05, 0.1) is 17.4 Å². The number of hydrogen-bond acceptors (Lipinski definition) is 3. The molecule has 1 aliphatic rings. The Morgan fingerprint density at radius 2 is 1.86 bits per heavy atom. The lowest BCUT2D eigenvalue weighted by Crippen LogP contribution is -2.32. The summed E-state index contributed by atoms with van der Waals surface area (Å²) in [6, 6.07) is 8.72. The molecule has 2 rings (SSSR count). The largest absolute Gasteiger partial charge is 0.243 e. The molecule has 21 heavy (non-hydrogen) atoms. The van der Waals surface area contributed by atoms with Gasteiger partial charge in [-0.05, 0) is 42.4 Å². The van der Waals surface area contributed by atoms with Gasteiger partial charge >= 0.3 is 0 Å². The van der Waals surface area contributed by atoms with Crippen molar-refractivity contribution < 1.29 is 8.42 Å². The molecule has 0 radical (unpaired) electrons. The van der Waals surface area contributed by atoms with Crippen LogP contribution in [0.4, 0.5) is 0 Å². The van der Waals surface area contributed by atoms with Gasteiger partial charge in [0.25, 0.3) is 0 Å². The molecule has 1 aliphatic heterocycles. The molecular weight excluding hydrogens is 284 g/mol. The summed E-state index contributed by atoms with van der Waals surface area (Å²) in [6.07, 6.45) is 3.15. The maximum absolute atomic E-state index is 12.7. The Labute approximate surface area is 127 Å². The van der Waals surface area contributed by atoms with E-state index in [9.17, 15) is 8.42 Å². The van der Waals surface area contributed by atoms with Crippen LogP contribution in [0.1, 0.15) is 38.7 Å². The molecule has 0 aromatic heterocycles. The van der Waals surface area contributed by atoms with Gasteiger partial charge in [0.2, 0.25) is 10.0 Å². The zero-order chi connectivity index (χ0) is 15.5. The molecule has 0 atom stereocenters. The fourth-order valence-corrected chi connectivity index (χ4v) is 4.14. The molecule has 1 fully saturated rings. The van der Waals surface area contributed by atoms with Gasteiger partial charge in [-0.3, -0.25) is 0 Å². The summed E-state index contributed by atoms with van der Waals surface area (Å²) < 4.78 is 27.0. The topological polar surface area (TPSA) is 61.2 Å². The highest BCUT2D eigenvalue weighted by Crippen LogP contribution is 2.31. The van der Waals surface area contributed by atoms with Crippen LogP contribution in [0, 0.1) is 16.7 Å². The predicted octanol–water partition coefficient (Wildman–Crippen LogP) is 2.95. The smallest absolute Gasteiger partial charge is 0.207 e. The Morgan fingerprint density at radius 1 is 1.19 bits per heavy atom. The normalized spacial score (nSPS) is 19.7. The van der Waals surface area contributed by atoms with E-state index in [1.165, 1.54) is 0 Å². The minimum Gasteiger partial charge on any atom is -0.207 e. The molecule has 1 aromatic carbocycles. The van der Waals surface area contributed by atoms with E-state index < -0.39 is 10.0 Å². The predicted molar refractivity (Wildman–Crippen MR) is 82.1 cm³/mol. The molecule has 0 amide bonds. The highest BCUT2D eigenvalue weighted by atomic mass is 32.2. The lowest BCUT2D eigenvalue weighted by Gasteiger charge is -2.23. The van der Waals surface area contributed by atoms with Gasteiger partial charge in [-0.25, -0.2) is 8.42 Å². The monoisotopic (exact) mass is 306 g/mol. The molecule has 0 aliphatic carbocycles. The highest BCUT2D eigenvalue weighted by molar-refractivity contribution is 7.89. The van der Waals surface area contributed by atoms with E-state index in [1.54, 1.807) is 28.6 Å². The molecule has 0 N–H and O–H groups in total. The van der Waals surface area contributed by atoms with E-state index in [2.05, 4.69) is 19.9 Å². The summed E-state index contributed by atoms with van der Waals surface area (Å²) in [6.45, 7) is 5.56. The molecule has 0 unspecified atom stereocenters. The van der Waals surface area contributed by atoms with Crippen molar-refractivity contribution in [3.8, 4) is 6.07 Å². The van der Waals surface area contributed by atoms with Crippen LogP contribution < -0.4 is 0 Å². The van der Waals surface area contributed by atoms with E-state index in [-0.39, 0.29) is 5.41 Å². The Hall–Kier alpha value is -1.38. The summed E-state index contributed by atoms with van der Waals surface area (Å²) in [7, 11) is -3.42. The minimum atomic E-state index is -3.42. The molecule has 0 saturated carbocycles. The SMILES string of the molecule is CC1(C)CCCN(S(=O)(=O)c2ccc(CC#N)cc2)CC1. The summed E-state index contributed by atoms with van der Waals surface area (Å²) in [5, 5.41) is 8.66. The maximum Gasteiger partial charge on any atom is 0.243 e. The van der Waals surface area contributed by atoms with Crippen molar-refractivity contribution in [3.05, 3.63) is 29.8 Å². The van der Waals surface area contributed by atoms with Crippen molar-refractivity contribution in [2.75, 3.05) is 13.1 Å². The third-order valence-electron chi connectivity index (χ3n) is 4.14. The van der Waals surface area contributed by atoms with E-state index in [0.717, 1.165) is 24.8 Å². The average Bonchev–Trinajstić information content (AvgIpc) is 2.61. The maximum atomic E-state index is 12.7. The van der Waals surface area contributed by atoms with Crippen LogP contribution in [0.3, 0.4) is 0 Å². The van der Waals surface area contributed by atoms with E-state index in [4.69, 9.17) is 5.26 Å². The Bertz CT molecular complexity index is 627. The van der Waals surface area contributed by atoms with Gasteiger partial charge in [0, 0.05) is 13.1 Å². The number of sulfonamides is 1. The van der Waals surface area contributed by atoms with Gasteiger partial charge in [0.1, 0.15) is 0 Å². The first-order chi connectivity index (χ1) is 9.85. The second-order valence-corrected chi connectivity index (χ2v) is 8.34. The second-order valence-electron chi connectivity index (χ2n) is 6.40. The van der Waals surface area contributed by atoms with Crippen LogP contribution in [0.2, 0.25) is 0 Å². The Morgan fingerprint density at radius 3 is 2.48 bits per heavy atom. The van der Waals surface area contributed by atoms with Gasteiger partial charge in [-0.2, -0.15) is 9.57 Å². The standard InChI is InChI=1S/C16H22N2O2S/c1-16(2)9-3-12-18(13-10-16)21(19,20)15-6-4-14(5-7-15)8-11-17/h4-7H,3,8-10,12-13H2,1-2H3. The first-order valence-corrected chi connectivity index (χ1v) is 8.75. The second kappa shape index (κ2) is 6.17. The summed E-state index contributed by atoms with van der Waals surface area (Å²) in [4.78, 5) is 0.323. The number of rotatable bonds is 3. The fraction of sp³-hybridized carbons (Fsp3) is 0.562.